The Bertz CT molecular complexity index is 655. The molecular formula is C17H22BrN3O4. The molecule has 1 atom stereocenters. The number of halogens is 1. The first-order chi connectivity index (χ1) is 11.7. The van der Waals surface area contributed by atoms with Gasteiger partial charge in [0, 0.05) is 16.6 Å². The van der Waals surface area contributed by atoms with E-state index in [4.69, 9.17) is 4.74 Å². The topological polar surface area (TPSA) is 87.7 Å². The van der Waals surface area contributed by atoms with Crippen molar-refractivity contribution in [2.45, 2.75) is 45.3 Å². The van der Waals surface area contributed by atoms with Gasteiger partial charge in [0.2, 0.25) is 0 Å². The maximum absolute atomic E-state index is 12.3. The molecule has 0 radical (unpaired) electrons. The highest BCUT2D eigenvalue weighted by Gasteiger charge is 2.36. The summed E-state index contributed by atoms with van der Waals surface area (Å²) in [6.45, 7) is 5.77. The molecule has 7 nitrogen and oxygen atoms in total. The molecular weight excluding hydrogens is 390 g/mol. The van der Waals surface area contributed by atoms with Crippen molar-refractivity contribution in [3.05, 3.63) is 34.3 Å². The van der Waals surface area contributed by atoms with Crippen LogP contribution in [0.4, 0.5) is 4.79 Å². The van der Waals surface area contributed by atoms with Gasteiger partial charge in [-0.05, 0) is 57.9 Å². The number of nitrogens with one attached hydrogen (secondary N) is 2. The number of carbonyl (C=O) groups is 3. The van der Waals surface area contributed by atoms with E-state index in [9.17, 15) is 14.4 Å². The van der Waals surface area contributed by atoms with Gasteiger partial charge in [-0.2, -0.15) is 0 Å². The summed E-state index contributed by atoms with van der Waals surface area (Å²) >= 11 is 3.29. The molecule has 3 amide bonds. The summed E-state index contributed by atoms with van der Waals surface area (Å²) in [5, 5.41) is 0. The zero-order valence-corrected chi connectivity index (χ0v) is 16.1. The summed E-state index contributed by atoms with van der Waals surface area (Å²) in [5.41, 5.74) is 4.54. The smallest absolute Gasteiger partial charge is 0.410 e. The molecule has 1 aromatic rings. The van der Waals surface area contributed by atoms with Crippen molar-refractivity contribution in [2.24, 2.45) is 0 Å². The maximum atomic E-state index is 12.3. The molecule has 25 heavy (non-hydrogen) atoms. The molecule has 136 valence electrons. The number of rotatable bonds is 2. The molecule has 0 spiro atoms. The van der Waals surface area contributed by atoms with E-state index in [1.807, 2.05) is 0 Å². The number of ether oxygens (including phenoxy) is 1. The Balaban J connectivity index is 1.92. The SMILES string of the molecule is CC(C)(C)OC(=O)N1CCC[C@H]1C(=O)NNC(=O)c1ccc(Br)cc1. The lowest BCUT2D eigenvalue weighted by Gasteiger charge is -2.28. The van der Waals surface area contributed by atoms with Crippen molar-refractivity contribution in [1.82, 2.24) is 15.8 Å². The Labute approximate surface area is 155 Å². The predicted molar refractivity (Wildman–Crippen MR) is 95.7 cm³/mol. The number of hydrogen-bond acceptors (Lipinski definition) is 4. The van der Waals surface area contributed by atoms with Gasteiger partial charge in [0.15, 0.2) is 0 Å². The fourth-order valence-corrected chi connectivity index (χ4v) is 2.72. The molecule has 0 aromatic heterocycles. The lowest BCUT2D eigenvalue weighted by atomic mass is 10.2. The summed E-state index contributed by atoms with van der Waals surface area (Å²) in [4.78, 5) is 38.0. The van der Waals surface area contributed by atoms with Crippen LogP contribution in [0.2, 0.25) is 0 Å². The van der Waals surface area contributed by atoms with E-state index in [0.717, 1.165) is 4.47 Å². The summed E-state index contributed by atoms with van der Waals surface area (Å²) in [7, 11) is 0. The van der Waals surface area contributed by atoms with Gasteiger partial charge < -0.3 is 4.74 Å². The lowest BCUT2D eigenvalue weighted by molar-refractivity contribution is -0.126. The molecule has 1 saturated heterocycles. The van der Waals surface area contributed by atoms with E-state index in [1.54, 1.807) is 45.0 Å². The van der Waals surface area contributed by atoms with Crippen LogP contribution in [0.1, 0.15) is 44.0 Å². The van der Waals surface area contributed by atoms with Crippen LogP contribution < -0.4 is 10.9 Å². The summed E-state index contributed by atoms with van der Waals surface area (Å²) in [6, 6.07) is 6.08. The second-order valence-corrected chi connectivity index (χ2v) is 7.70. The minimum Gasteiger partial charge on any atom is -0.444 e. The molecule has 1 heterocycles. The standard InChI is InChI=1S/C17H22BrN3O4/c1-17(2,3)25-16(24)21-10-4-5-13(21)15(23)20-19-14(22)11-6-8-12(18)9-7-11/h6-9,13H,4-5,10H2,1-3H3,(H,19,22)(H,20,23)/t13-/m0/s1. The van der Waals surface area contributed by atoms with Crippen molar-refractivity contribution in [2.75, 3.05) is 6.54 Å². The number of benzene rings is 1. The molecule has 1 aromatic carbocycles. The highest BCUT2D eigenvalue weighted by Crippen LogP contribution is 2.20. The van der Waals surface area contributed by atoms with Crippen LogP contribution in [0.3, 0.4) is 0 Å². The first kappa shape index (κ1) is 19.2. The molecule has 0 unspecified atom stereocenters. The maximum Gasteiger partial charge on any atom is 0.410 e. The zero-order chi connectivity index (χ0) is 18.6. The van der Waals surface area contributed by atoms with E-state index in [2.05, 4.69) is 26.8 Å². The number of likely N-dealkylation sites (tertiary alicyclic amines) is 1. The van der Waals surface area contributed by atoms with Gasteiger partial charge >= 0.3 is 6.09 Å². The minimum absolute atomic E-state index is 0.416. The van der Waals surface area contributed by atoms with Gasteiger partial charge in [-0.25, -0.2) is 4.79 Å². The van der Waals surface area contributed by atoms with Crippen LogP contribution in [-0.4, -0.2) is 41.0 Å². The molecule has 2 rings (SSSR count). The third-order valence-electron chi connectivity index (χ3n) is 3.59. The van der Waals surface area contributed by atoms with Crippen molar-refractivity contribution in [3.8, 4) is 0 Å². The fraction of sp³-hybridized carbons (Fsp3) is 0.471. The normalized spacial score (nSPS) is 17.1. The van der Waals surface area contributed by atoms with E-state index in [-0.39, 0.29) is 0 Å². The molecule has 8 heteroatoms. The Kier molecular flexibility index (Phi) is 6.05. The highest BCUT2D eigenvalue weighted by atomic mass is 79.9. The Morgan fingerprint density at radius 1 is 1.16 bits per heavy atom. The van der Waals surface area contributed by atoms with Gasteiger partial charge in [0.25, 0.3) is 11.8 Å². The summed E-state index contributed by atoms with van der Waals surface area (Å²) < 4.78 is 6.18. The first-order valence-corrected chi connectivity index (χ1v) is 8.82. The number of nitrogens with zero attached hydrogens (tertiary/aromatic N) is 1. The Hall–Kier alpha value is -2.09. The second-order valence-electron chi connectivity index (χ2n) is 6.78. The zero-order valence-electron chi connectivity index (χ0n) is 14.5. The van der Waals surface area contributed by atoms with Gasteiger partial charge in [-0.3, -0.25) is 25.3 Å². The van der Waals surface area contributed by atoms with E-state index >= 15 is 0 Å². The fourth-order valence-electron chi connectivity index (χ4n) is 2.45. The molecule has 0 aliphatic carbocycles. The third-order valence-corrected chi connectivity index (χ3v) is 4.12. The Morgan fingerprint density at radius 3 is 2.40 bits per heavy atom. The van der Waals surface area contributed by atoms with Gasteiger partial charge in [0.1, 0.15) is 11.6 Å². The number of amides is 3. The van der Waals surface area contributed by atoms with Crippen LogP contribution in [0.5, 0.6) is 0 Å². The van der Waals surface area contributed by atoms with Gasteiger partial charge in [-0.1, -0.05) is 15.9 Å². The molecule has 0 saturated carbocycles. The van der Waals surface area contributed by atoms with E-state index < -0.39 is 29.6 Å². The number of hydrazine groups is 1. The monoisotopic (exact) mass is 411 g/mol. The molecule has 0 bridgehead atoms. The largest absolute Gasteiger partial charge is 0.444 e. The van der Waals surface area contributed by atoms with Crippen molar-refractivity contribution in [3.63, 3.8) is 0 Å². The summed E-state index contributed by atoms with van der Waals surface area (Å²) in [6.07, 6.45) is 0.710. The van der Waals surface area contributed by atoms with Crippen molar-refractivity contribution in [1.29, 1.82) is 0 Å². The predicted octanol–water partition coefficient (Wildman–Crippen LogP) is 2.61. The van der Waals surface area contributed by atoms with Crippen LogP contribution >= 0.6 is 15.9 Å². The van der Waals surface area contributed by atoms with Crippen LogP contribution in [0.25, 0.3) is 0 Å². The number of hydrogen-bond donors (Lipinski definition) is 2. The molecule has 1 aliphatic heterocycles. The third kappa shape index (κ3) is 5.45. The first-order valence-electron chi connectivity index (χ1n) is 8.03. The van der Waals surface area contributed by atoms with Gasteiger partial charge in [-0.15, -0.1) is 0 Å². The molecule has 2 N–H and O–H groups in total. The van der Waals surface area contributed by atoms with Crippen molar-refractivity contribution >= 4 is 33.8 Å². The highest BCUT2D eigenvalue weighted by molar-refractivity contribution is 9.10. The van der Waals surface area contributed by atoms with Gasteiger partial charge in [0.05, 0.1) is 0 Å². The summed E-state index contributed by atoms with van der Waals surface area (Å²) in [5.74, 6) is -0.864. The Morgan fingerprint density at radius 2 is 1.80 bits per heavy atom. The second kappa shape index (κ2) is 7.86. The quantitative estimate of drug-likeness (QED) is 0.732. The van der Waals surface area contributed by atoms with E-state index in [1.165, 1.54) is 4.90 Å². The lowest BCUT2D eigenvalue weighted by Crippen LogP contribution is -2.52. The average Bonchev–Trinajstić information content (AvgIpc) is 3.01. The number of carbonyl (C=O) groups excluding carboxylic acids is 3. The van der Waals surface area contributed by atoms with Crippen molar-refractivity contribution < 1.29 is 19.1 Å². The molecule has 1 fully saturated rings. The van der Waals surface area contributed by atoms with Crippen LogP contribution in [0.15, 0.2) is 28.7 Å². The van der Waals surface area contributed by atoms with Crippen LogP contribution in [0, 0.1) is 0 Å². The molecule has 1 aliphatic rings. The minimum atomic E-state index is -0.653. The average molecular weight is 412 g/mol. The van der Waals surface area contributed by atoms with Crippen LogP contribution in [-0.2, 0) is 9.53 Å². The van der Waals surface area contributed by atoms with E-state index in [0.29, 0.717) is 24.9 Å².